The van der Waals surface area contributed by atoms with Crippen LogP contribution in [-0.4, -0.2) is 43.9 Å². The summed E-state index contributed by atoms with van der Waals surface area (Å²) in [6, 6.07) is 59.0. The first-order chi connectivity index (χ1) is 30.6. The summed E-state index contributed by atoms with van der Waals surface area (Å²) in [5.41, 5.74) is 5.52. The fraction of sp³-hybridized carbons (Fsp3) is 0. The summed E-state index contributed by atoms with van der Waals surface area (Å²) in [6.45, 7) is 0. The second-order valence-corrected chi connectivity index (χ2v) is 14.6. The average Bonchev–Trinajstić information content (AvgIpc) is 3.35. The van der Waals surface area contributed by atoms with E-state index in [-0.39, 0.29) is 22.7 Å². The zero-order chi connectivity index (χ0) is 41.6. The molecule has 0 bridgehead atoms. The summed E-state index contributed by atoms with van der Waals surface area (Å²) < 4.78 is 2.78. The molecule has 0 aliphatic heterocycles. The number of hydrogen-bond donors (Lipinski definition) is 0. The lowest BCUT2D eigenvalue weighted by molar-refractivity contribution is 0.860. The lowest BCUT2D eigenvalue weighted by atomic mass is 10.0. The second-order valence-electron chi connectivity index (χ2n) is 14.6. The van der Waals surface area contributed by atoms with Gasteiger partial charge in [-0.3, -0.25) is 9.59 Å². The monoisotopic (exact) mass is 801 g/mol. The molecule has 0 radical (unpaired) electrons. The number of rotatable bonds is 7. The van der Waals surface area contributed by atoms with Crippen molar-refractivity contribution in [3.63, 3.8) is 0 Å². The van der Waals surface area contributed by atoms with Crippen LogP contribution in [0.4, 0.5) is 0 Å². The highest BCUT2D eigenvalue weighted by Crippen LogP contribution is 2.30. The third-order valence-corrected chi connectivity index (χ3v) is 10.7. The van der Waals surface area contributed by atoms with Crippen LogP contribution in [0.1, 0.15) is 0 Å². The van der Waals surface area contributed by atoms with Crippen LogP contribution in [0.3, 0.4) is 0 Å². The molecule has 4 heterocycles. The van der Waals surface area contributed by atoms with Gasteiger partial charge in [0, 0.05) is 27.8 Å². The molecule has 0 aliphatic rings. The van der Waals surface area contributed by atoms with Gasteiger partial charge in [0.1, 0.15) is 0 Å². The number of hydrogen-bond acceptors (Lipinski definition) is 9. The van der Waals surface area contributed by atoms with Crippen molar-refractivity contribution in [3.8, 4) is 74.0 Å². The van der Waals surface area contributed by atoms with E-state index >= 15 is 4.79 Å². The molecular formula is C51H31N9O2. The third kappa shape index (κ3) is 6.46. The first kappa shape index (κ1) is 36.3. The van der Waals surface area contributed by atoms with Crippen LogP contribution >= 0.6 is 0 Å². The molecule has 0 aliphatic carbocycles. The van der Waals surface area contributed by atoms with Crippen LogP contribution in [0.2, 0.25) is 0 Å². The molecule has 0 saturated heterocycles. The maximum atomic E-state index is 15.2. The fourth-order valence-corrected chi connectivity index (χ4v) is 7.63. The van der Waals surface area contributed by atoms with Gasteiger partial charge in [0.05, 0.1) is 21.8 Å². The predicted octanol–water partition coefficient (Wildman–Crippen LogP) is 9.52. The Balaban J connectivity index is 1.13. The Bertz CT molecular complexity index is 3500. The molecule has 11 aromatic rings. The minimum atomic E-state index is -0.457. The van der Waals surface area contributed by atoms with Crippen LogP contribution in [-0.2, 0) is 0 Å². The van der Waals surface area contributed by atoms with E-state index in [0.717, 1.165) is 38.9 Å². The largest absolute Gasteiger partial charge is 0.269 e. The molecule has 11 heteroatoms. The number of nitrogens with zero attached hydrogens (tertiary/aromatic N) is 9. The van der Waals surface area contributed by atoms with Crippen molar-refractivity contribution in [2.45, 2.75) is 0 Å². The fourth-order valence-electron chi connectivity index (χ4n) is 7.63. The topological polar surface area (TPSA) is 134 Å². The van der Waals surface area contributed by atoms with Crippen LogP contribution in [0.25, 0.3) is 102 Å². The summed E-state index contributed by atoms with van der Waals surface area (Å²) >= 11 is 0. The molecule has 0 N–H and O–H groups in total. The van der Waals surface area contributed by atoms with Gasteiger partial charge in [0.25, 0.3) is 11.1 Å². The van der Waals surface area contributed by atoms with Crippen LogP contribution in [0, 0.1) is 0 Å². The standard InChI is InChI=1S/C51H31N9O2/c61-48-39-26-13-14-27-41(39)52-51-59(48)42-29-28-37(31-40(42)49(62)60(51)50-57-45(34-20-9-3-10-21-34)56-46(58-50)35-22-11-4-12-23-35)36-24-15-25-38(30-36)47-54-43(32-16-5-1-6-17-32)53-44(55-47)33-18-7-2-8-19-33/h1-31H. The normalized spacial score (nSPS) is 11.4. The Morgan fingerprint density at radius 1 is 0.323 bits per heavy atom. The van der Waals surface area contributed by atoms with E-state index in [1.54, 1.807) is 36.4 Å². The number of benzene rings is 7. The molecule has 292 valence electrons. The minimum Gasteiger partial charge on any atom is -0.268 e. The molecule has 0 spiro atoms. The molecule has 62 heavy (non-hydrogen) atoms. The Morgan fingerprint density at radius 2 is 0.758 bits per heavy atom. The summed E-state index contributed by atoms with van der Waals surface area (Å²) in [7, 11) is 0. The predicted molar refractivity (Wildman–Crippen MR) is 241 cm³/mol. The first-order valence-corrected chi connectivity index (χ1v) is 19.9. The molecule has 4 aromatic heterocycles. The third-order valence-electron chi connectivity index (χ3n) is 10.7. The molecule has 11 nitrogen and oxygen atoms in total. The molecule has 0 fully saturated rings. The average molecular weight is 802 g/mol. The van der Waals surface area contributed by atoms with Gasteiger partial charge in [-0.2, -0.15) is 9.97 Å². The van der Waals surface area contributed by atoms with E-state index in [1.165, 1.54) is 8.97 Å². The molecule has 0 atom stereocenters. The SMILES string of the molecule is O=c1c2cc(-c3cccc(-c4nc(-c5ccccc5)nc(-c5ccccc5)n4)c3)ccc2n2c(=O)c3ccccc3nc2n1-c1nc(-c2ccccc2)nc(-c2ccccc2)n1. The minimum absolute atomic E-state index is 0.0231. The van der Waals surface area contributed by atoms with Crippen molar-refractivity contribution in [2.75, 3.05) is 0 Å². The summed E-state index contributed by atoms with van der Waals surface area (Å²) in [5, 5.41) is 0.668. The Kier molecular flexibility index (Phi) is 8.82. The van der Waals surface area contributed by atoms with Gasteiger partial charge in [-0.1, -0.05) is 158 Å². The number of fused-ring (bicyclic) bond motifs is 4. The lowest BCUT2D eigenvalue weighted by Crippen LogP contribution is -2.29. The van der Waals surface area contributed by atoms with Crippen molar-refractivity contribution in [2.24, 2.45) is 0 Å². The van der Waals surface area contributed by atoms with Gasteiger partial charge in [-0.25, -0.2) is 33.9 Å². The van der Waals surface area contributed by atoms with E-state index in [4.69, 9.17) is 34.9 Å². The quantitative estimate of drug-likeness (QED) is 0.114. The zero-order valence-electron chi connectivity index (χ0n) is 32.7. The van der Waals surface area contributed by atoms with Crippen LogP contribution < -0.4 is 11.1 Å². The van der Waals surface area contributed by atoms with Crippen LogP contribution in [0.5, 0.6) is 0 Å². The van der Waals surface area contributed by atoms with Gasteiger partial charge >= 0.3 is 0 Å². The number of para-hydroxylation sites is 1. The van der Waals surface area contributed by atoms with Crippen molar-refractivity contribution in [1.82, 2.24) is 43.9 Å². The maximum absolute atomic E-state index is 15.2. The van der Waals surface area contributed by atoms with Gasteiger partial charge in [0.2, 0.25) is 11.7 Å². The van der Waals surface area contributed by atoms with Gasteiger partial charge in [0.15, 0.2) is 29.1 Å². The van der Waals surface area contributed by atoms with Gasteiger partial charge in [-0.15, -0.1) is 0 Å². The van der Waals surface area contributed by atoms with E-state index in [9.17, 15) is 4.79 Å². The van der Waals surface area contributed by atoms with Crippen LogP contribution in [0.15, 0.2) is 198 Å². The van der Waals surface area contributed by atoms with Crippen molar-refractivity contribution >= 4 is 27.6 Å². The molecule has 0 saturated carbocycles. The first-order valence-electron chi connectivity index (χ1n) is 19.9. The van der Waals surface area contributed by atoms with E-state index in [0.29, 0.717) is 45.5 Å². The van der Waals surface area contributed by atoms with E-state index in [1.807, 2.05) is 152 Å². The summed E-state index contributed by atoms with van der Waals surface area (Å²) in [5.74, 6) is 2.41. The Hall–Kier alpha value is -8.83. The van der Waals surface area contributed by atoms with Crippen molar-refractivity contribution < 1.29 is 0 Å². The highest BCUT2D eigenvalue weighted by Gasteiger charge is 2.22. The van der Waals surface area contributed by atoms with Crippen molar-refractivity contribution in [3.05, 3.63) is 209 Å². The Labute approximate surface area is 353 Å². The molecule has 7 aromatic carbocycles. The van der Waals surface area contributed by atoms with Gasteiger partial charge in [-0.05, 0) is 41.5 Å². The highest BCUT2D eigenvalue weighted by molar-refractivity contribution is 5.89. The highest BCUT2D eigenvalue weighted by atomic mass is 16.1. The Morgan fingerprint density at radius 3 is 1.31 bits per heavy atom. The van der Waals surface area contributed by atoms with E-state index < -0.39 is 5.56 Å². The smallest absolute Gasteiger partial charge is 0.268 e. The maximum Gasteiger partial charge on any atom is 0.269 e. The molecule has 0 amide bonds. The summed E-state index contributed by atoms with van der Waals surface area (Å²) in [6.07, 6.45) is 0. The molecule has 11 rings (SSSR count). The summed E-state index contributed by atoms with van der Waals surface area (Å²) in [4.78, 5) is 63.9. The van der Waals surface area contributed by atoms with Gasteiger partial charge < -0.3 is 0 Å². The second kappa shape index (κ2) is 15.1. The van der Waals surface area contributed by atoms with E-state index in [2.05, 4.69) is 0 Å². The van der Waals surface area contributed by atoms with Crippen molar-refractivity contribution in [1.29, 1.82) is 0 Å². The zero-order valence-corrected chi connectivity index (χ0v) is 32.7. The molecule has 0 unspecified atom stereocenters. The lowest BCUT2D eigenvalue weighted by Gasteiger charge is -2.15. The molecular weight excluding hydrogens is 771 g/mol. The number of aromatic nitrogens is 9.